The Hall–Kier alpha value is -3.52. The zero-order chi connectivity index (χ0) is 19.5. The summed E-state index contributed by atoms with van der Waals surface area (Å²) >= 11 is 1.43. The van der Waals surface area contributed by atoms with E-state index in [1.807, 2.05) is 18.4 Å². The molecule has 140 valence electrons. The fourth-order valence-electron chi connectivity index (χ4n) is 2.57. The van der Waals surface area contributed by atoms with Crippen molar-refractivity contribution in [2.24, 2.45) is 0 Å². The zero-order valence-corrected chi connectivity index (χ0v) is 16.1. The van der Waals surface area contributed by atoms with Crippen molar-refractivity contribution in [3.05, 3.63) is 76.8 Å². The standard InChI is InChI=1S/C20H17N5O2S/c1-13-9-17(28-11-13)20(26)24-15-3-5-16(6-4-15)27-19-10-18(22-14(2)23-19)25-8-7-21-12-25/h3-12H,1-2H3,(H,24,26). The fourth-order valence-corrected chi connectivity index (χ4v) is 3.37. The Morgan fingerprint density at radius 1 is 1.14 bits per heavy atom. The normalized spacial score (nSPS) is 10.6. The van der Waals surface area contributed by atoms with Gasteiger partial charge < -0.3 is 10.1 Å². The molecule has 0 radical (unpaired) electrons. The first-order chi connectivity index (χ1) is 13.6. The van der Waals surface area contributed by atoms with Crippen molar-refractivity contribution in [3.63, 3.8) is 0 Å². The lowest BCUT2D eigenvalue weighted by Crippen LogP contribution is -2.09. The first-order valence-electron chi connectivity index (χ1n) is 8.55. The number of thiophene rings is 1. The van der Waals surface area contributed by atoms with Crippen LogP contribution >= 0.6 is 11.3 Å². The Labute approximate surface area is 165 Å². The highest BCUT2D eigenvalue weighted by atomic mass is 32.1. The topological polar surface area (TPSA) is 81.9 Å². The van der Waals surface area contributed by atoms with E-state index >= 15 is 0 Å². The van der Waals surface area contributed by atoms with Crippen LogP contribution in [0.3, 0.4) is 0 Å². The van der Waals surface area contributed by atoms with Crippen molar-refractivity contribution < 1.29 is 9.53 Å². The van der Waals surface area contributed by atoms with E-state index in [1.165, 1.54) is 11.3 Å². The number of rotatable bonds is 5. The number of aromatic nitrogens is 4. The summed E-state index contributed by atoms with van der Waals surface area (Å²) in [5.74, 6) is 2.19. The summed E-state index contributed by atoms with van der Waals surface area (Å²) in [5.41, 5.74) is 1.77. The van der Waals surface area contributed by atoms with E-state index in [1.54, 1.807) is 60.5 Å². The zero-order valence-electron chi connectivity index (χ0n) is 15.3. The molecule has 0 bridgehead atoms. The molecule has 8 heteroatoms. The van der Waals surface area contributed by atoms with Gasteiger partial charge in [-0.3, -0.25) is 9.36 Å². The Balaban J connectivity index is 1.47. The Kier molecular flexibility index (Phi) is 4.86. The van der Waals surface area contributed by atoms with Crippen LogP contribution in [-0.4, -0.2) is 25.4 Å². The van der Waals surface area contributed by atoms with Gasteiger partial charge in [-0.05, 0) is 55.1 Å². The average Bonchev–Trinajstić information content (AvgIpc) is 3.35. The molecule has 0 unspecified atom stereocenters. The Morgan fingerprint density at radius 2 is 1.96 bits per heavy atom. The van der Waals surface area contributed by atoms with Gasteiger partial charge in [0.1, 0.15) is 23.7 Å². The van der Waals surface area contributed by atoms with Crippen LogP contribution < -0.4 is 10.1 Å². The van der Waals surface area contributed by atoms with E-state index < -0.39 is 0 Å². The van der Waals surface area contributed by atoms with Crippen molar-refractivity contribution >= 4 is 22.9 Å². The van der Waals surface area contributed by atoms with Crippen molar-refractivity contribution in [3.8, 4) is 17.4 Å². The molecule has 4 aromatic rings. The number of anilines is 1. The average molecular weight is 391 g/mol. The second-order valence-electron chi connectivity index (χ2n) is 6.15. The van der Waals surface area contributed by atoms with Crippen LogP contribution in [0.5, 0.6) is 11.6 Å². The van der Waals surface area contributed by atoms with E-state index in [4.69, 9.17) is 4.74 Å². The third-order valence-electron chi connectivity index (χ3n) is 3.86. The number of hydrogen-bond donors (Lipinski definition) is 1. The summed E-state index contributed by atoms with van der Waals surface area (Å²) in [5, 5.41) is 4.83. The lowest BCUT2D eigenvalue weighted by Gasteiger charge is -2.09. The van der Waals surface area contributed by atoms with Gasteiger partial charge in [0.2, 0.25) is 5.88 Å². The van der Waals surface area contributed by atoms with E-state index in [9.17, 15) is 4.79 Å². The summed E-state index contributed by atoms with van der Waals surface area (Å²) in [7, 11) is 0. The molecular formula is C20H17N5O2S. The number of amides is 1. The number of nitrogens with one attached hydrogen (secondary N) is 1. The molecule has 0 saturated carbocycles. The van der Waals surface area contributed by atoms with Gasteiger partial charge >= 0.3 is 0 Å². The molecule has 0 saturated heterocycles. The quantitative estimate of drug-likeness (QED) is 0.546. The molecule has 3 aromatic heterocycles. The van der Waals surface area contributed by atoms with E-state index in [0.29, 0.717) is 33.8 Å². The van der Waals surface area contributed by atoms with Crippen molar-refractivity contribution in [1.82, 2.24) is 19.5 Å². The molecular weight excluding hydrogens is 374 g/mol. The van der Waals surface area contributed by atoms with Crippen molar-refractivity contribution in [2.75, 3.05) is 5.32 Å². The molecule has 4 rings (SSSR count). The second-order valence-corrected chi connectivity index (χ2v) is 7.06. The molecule has 3 heterocycles. The maximum Gasteiger partial charge on any atom is 0.265 e. The third kappa shape index (κ3) is 4.07. The van der Waals surface area contributed by atoms with Gasteiger partial charge in [0.25, 0.3) is 5.91 Å². The SMILES string of the molecule is Cc1csc(C(=O)Nc2ccc(Oc3cc(-n4ccnc4)nc(C)n3)cc2)c1. The first kappa shape index (κ1) is 17.9. The predicted octanol–water partition coefficient (Wildman–Crippen LogP) is 4.39. The molecule has 28 heavy (non-hydrogen) atoms. The molecule has 1 aromatic carbocycles. The van der Waals surface area contributed by atoms with Gasteiger partial charge in [0.15, 0.2) is 0 Å². The highest BCUT2D eigenvalue weighted by Crippen LogP contribution is 2.24. The molecule has 0 spiro atoms. The van der Waals surface area contributed by atoms with Crippen LogP contribution in [0.15, 0.2) is 60.5 Å². The van der Waals surface area contributed by atoms with Gasteiger partial charge in [-0.1, -0.05) is 0 Å². The van der Waals surface area contributed by atoms with E-state index in [0.717, 1.165) is 5.56 Å². The van der Waals surface area contributed by atoms with Gasteiger partial charge in [-0.2, -0.15) is 4.98 Å². The second kappa shape index (κ2) is 7.61. The summed E-state index contributed by atoms with van der Waals surface area (Å²) in [6.07, 6.45) is 5.15. The lowest BCUT2D eigenvalue weighted by molar-refractivity contribution is 0.103. The van der Waals surface area contributed by atoms with Gasteiger partial charge in [-0.15, -0.1) is 11.3 Å². The van der Waals surface area contributed by atoms with Crippen LogP contribution in [0.1, 0.15) is 21.1 Å². The minimum absolute atomic E-state index is 0.122. The summed E-state index contributed by atoms with van der Waals surface area (Å²) in [6, 6.07) is 10.8. The number of nitrogens with zero attached hydrogens (tertiary/aromatic N) is 4. The summed E-state index contributed by atoms with van der Waals surface area (Å²) < 4.78 is 7.63. The minimum Gasteiger partial charge on any atom is -0.439 e. The van der Waals surface area contributed by atoms with E-state index in [-0.39, 0.29) is 5.91 Å². The molecule has 1 amide bonds. The maximum absolute atomic E-state index is 12.2. The summed E-state index contributed by atoms with van der Waals surface area (Å²) in [4.78, 5) is 25.6. The van der Waals surface area contributed by atoms with Gasteiger partial charge in [0.05, 0.1) is 4.88 Å². The van der Waals surface area contributed by atoms with Crippen LogP contribution in [0.2, 0.25) is 0 Å². The summed E-state index contributed by atoms with van der Waals surface area (Å²) in [6.45, 7) is 3.77. The molecule has 7 nitrogen and oxygen atoms in total. The number of imidazole rings is 1. The Bertz CT molecular complexity index is 1100. The Morgan fingerprint density at radius 3 is 2.64 bits per heavy atom. The molecule has 0 atom stereocenters. The highest BCUT2D eigenvalue weighted by Gasteiger charge is 2.09. The molecule has 0 fully saturated rings. The number of ether oxygens (including phenoxy) is 1. The maximum atomic E-state index is 12.2. The number of carbonyl (C=O) groups is 1. The van der Waals surface area contributed by atoms with Crippen LogP contribution in [0, 0.1) is 13.8 Å². The number of benzene rings is 1. The van der Waals surface area contributed by atoms with Crippen LogP contribution in [-0.2, 0) is 0 Å². The predicted molar refractivity (Wildman–Crippen MR) is 107 cm³/mol. The number of carbonyl (C=O) groups excluding carboxylic acids is 1. The highest BCUT2D eigenvalue weighted by molar-refractivity contribution is 7.12. The smallest absolute Gasteiger partial charge is 0.265 e. The van der Waals surface area contributed by atoms with Crippen molar-refractivity contribution in [1.29, 1.82) is 0 Å². The number of hydrogen-bond acceptors (Lipinski definition) is 6. The monoisotopic (exact) mass is 391 g/mol. The van der Waals surface area contributed by atoms with Crippen LogP contribution in [0.4, 0.5) is 5.69 Å². The molecule has 1 N–H and O–H groups in total. The number of aryl methyl sites for hydroxylation is 2. The minimum atomic E-state index is -0.122. The fraction of sp³-hybridized carbons (Fsp3) is 0.100. The lowest BCUT2D eigenvalue weighted by atomic mass is 10.3. The third-order valence-corrected chi connectivity index (χ3v) is 4.91. The van der Waals surface area contributed by atoms with E-state index in [2.05, 4.69) is 20.3 Å². The largest absolute Gasteiger partial charge is 0.439 e. The first-order valence-corrected chi connectivity index (χ1v) is 9.43. The van der Waals surface area contributed by atoms with Gasteiger partial charge in [0, 0.05) is 24.1 Å². The van der Waals surface area contributed by atoms with Crippen LogP contribution in [0.25, 0.3) is 5.82 Å². The van der Waals surface area contributed by atoms with Gasteiger partial charge in [-0.25, -0.2) is 9.97 Å². The molecule has 0 aliphatic carbocycles. The van der Waals surface area contributed by atoms with Crippen molar-refractivity contribution in [2.45, 2.75) is 13.8 Å². The molecule has 0 aliphatic rings. The molecule has 0 aliphatic heterocycles.